The van der Waals surface area contributed by atoms with Crippen LogP contribution in [0.5, 0.6) is 0 Å². The van der Waals surface area contributed by atoms with Crippen molar-refractivity contribution >= 4 is 11.4 Å². The van der Waals surface area contributed by atoms with E-state index in [9.17, 15) is 0 Å². The fourth-order valence-corrected chi connectivity index (χ4v) is 3.56. The van der Waals surface area contributed by atoms with Gasteiger partial charge in [0.05, 0.1) is 0 Å². The van der Waals surface area contributed by atoms with E-state index in [1.165, 1.54) is 50.1 Å². The van der Waals surface area contributed by atoms with Crippen molar-refractivity contribution in [3.05, 3.63) is 24.3 Å². The molecular weight excluding hydrogens is 258 g/mol. The third-order valence-corrected chi connectivity index (χ3v) is 4.73. The van der Waals surface area contributed by atoms with Gasteiger partial charge in [-0.25, -0.2) is 0 Å². The van der Waals surface area contributed by atoms with Crippen molar-refractivity contribution in [1.82, 2.24) is 5.32 Å². The molecule has 0 bridgehead atoms. The smallest absolute Gasteiger partial charge is 0.0368 e. The van der Waals surface area contributed by atoms with Crippen LogP contribution in [0.15, 0.2) is 24.3 Å². The number of nitrogens with zero attached hydrogens (tertiary/aromatic N) is 2. The van der Waals surface area contributed by atoms with Crippen molar-refractivity contribution in [2.45, 2.75) is 45.1 Å². The van der Waals surface area contributed by atoms with Gasteiger partial charge < -0.3 is 15.1 Å². The van der Waals surface area contributed by atoms with E-state index in [4.69, 9.17) is 0 Å². The van der Waals surface area contributed by atoms with E-state index in [1.54, 1.807) is 0 Å². The molecule has 2 aliphatic rings. The highest BCUT2D eigenvalue weighted by molar-refractivity contribution is 5.56. The number of piperidine rings is 1. The molecule has 0 aromatic heterocycles. The highest BCUT2D eigenvalue weighted by Crippen LogP contribution is 2.25. The standard InChI is InChI=1S/C18H29N3/c1-18(2)15-21(14-6-11-19-18)17-9-7-16(8-10-17)20-12-4-3-5-13-20/h7-10,19H,3-6,11-15H2,1-2H3. The van der Waals surface area contributed by atoms with Gasteiger partial charge in [-0.2, -0.15) is 0 Å². The fraction of sp³-hybridized carbons (Fsp3) is 0.667. The molecule has 1 aromatic rings. The lowest BCUT2D eigenvalue weighted by Gasteiger charge is -2.32. The molecule has 0 spiro atoms. The molecule has 0 aliphatic carbocycles. The second kappa shape index (κ2) is 6.27. The number of nitrogens with one attached hydrogen (secondary N) is 1. The molecule has 116 valence electrons. The van der Waals surface area contributed by atoms with Crippen molar-refractivity contribution in [3.63, 3.8) is 0 Å². The molecule has 21 heavy (non-hydrogen) atoms. The van der Waals surface area contributed by atoms with E-state index in [0.29, 0.717) is 0 Å². The summed E-state index contributed by atoms with van der Waals surface area (Å²) in [6.07, 6.45) is 5.29. The predicted molar refractivity (Wildman–Crippen MR) is 91.4 cm³/mol. The highest BCUT2D eigenvalue weighted by atomic mass is 15.2. The summed E-state index contributed by atoms with van der Waals surface area (Å²) in [4.78, 5) is 5.06. The summed E-state index contributed by atoms with van der Waals surface area (Å²) in [6, 6.07) is 9.24. The predicted octanol–water partition coefficient (Wildman–Crippen LogP) is 3.26. The van der Waals surface area contributed by atoms with Crippen LogP contribution in [0, 0.1) is 0 Å². The zero-order chi connectivity index (χ0) is 14.7. The van der Waals surface area contributed by atoms with Crippen molar-refractivity contribution in [3.8, 4) is 0 Å². The van der Waals surface area contributed by atoms with Crippen LogP contribution >= 0.6 is 0 Å². The normalized spacial score (nSPS) is 23.0. The van der Waals surface area contributed by atoms with E-state index in [0.717, 1.165) is 19.6 Å². The summed E-state index contributed by atoms with van der Waals surface area (Å²) in [5, 5.41) is 3.63. The lowest BCUT2D eigenvalue weighted by molar-refractivity contribution is 0.416. The van der Waals surface area contributed by atoms with Gasteiger partial charge >= 0.3 is 0 Å². The van der Waals surface area contributed by atoms with Crippen LogP contribution in [-0.4, -0.2) is 38.3 Å². The number of hydrogen-bond donors (Lipinski definition) is 1. The number of benzene rings is 1. The van der Waals surface area contributed by atoms with Crippen LogP contribution in [0.1, 0.15) is 39.5 Å². The first-order valence-corrected chi connectivity index (χ1v) is 8.49. The monoisotopic (exact) mass is 287 g/mol. The molecule has 1 N–H and O–H groups in total. The van der Waals surface area contributed by atoms with Gasteiger partial charge in [-0.1, -0.05) is 0 Å². The molecule has 2 fully saturated rings. The first-order chi connectivity index (χ1) is 10.1. The molecule has 2 heterocycles. The number of hydrogen-bond acceptors (Lipinski definition) is 3. The molecule has 3 heteroatoms. The SMILES string of the molecule is CC1(C)CN(c2ccc(N3CCCCC3)cc2)CCCN1. The molecule has 3 rings (SSSR count). The Kier molecular flexibility index (Phi) is 4.39. The Balaban J connectivity index is 1.70. The van der Waals surface area contributed by atoms with Crippen molar-refractivity contribution in [1.29, 1.82) is 0 Å². The van der Waals surface area contributed by atoms with Crippen molar-refractivity contribution in [2.75, 3.05) is 42.5 Å². The van der Waals surface area contributed by atoms with Crippen LogP contribution in [0.2, 0.25) is 0 Å². The zero-order valence-electron chi connectivity index (χ0n) is 13.6. The van der Waals surface area contributed by atoms with Gasteiger partial charge in [-0.05, 0) is 70.3 Å². The van der Waals surface area contributed by atoms with Crippen molar-refractivity contribution < 1.29 is 0 Å². The molecule has 1 aromatic carbocycles. The molecule has 3 nitrogen and oxygen atoms in total. The van der Waals surface area contributed by atoms with E-state index in [2.05, 4.69) is 53.2 Å². The van der Waals surface area contributed by atoms with Crippen LogP contribution in [0.4, 0.5) is 11.4 Å². The van der Waals surface area contributed by atoms with Gasteiger partial charge in [0, 0.05) is 43.1 Å². The third kappa shape index (κ3) is 3.70. The molecule has 0 saturated carbocycles. The zero-order valence-corrected chi connectivity index (χ0v) is 13.6. The second-order valence-electron chi connectivity index (χ2n) is 7.15. The van der Waals surface area contributed by atoms with Crippen LogP contribution in [0.25, 0.3) is 0 Å². The number of rotatable bonds is 2. The Bertz CT molecular complexity index is 446. The maximum absolute atomic E-state index is 3.63. The minimum atomic E-state index is 0.196. The van der Waals surface area contributed by atoms with E-state index >= 15 is 0 Å². The summed E-state index contributed by atoms with van der Waals surface area (Å²) < 4.78 is 0. The van der Waals surface area contributed by atoms with Gasteiger partial charge in [-0.3, -0.25) is 0 Å². The van der Waals surface area contributed by atoms with Gasteiger partial charge in [0.25, 0.3) is 0 Å². The molecule has 0 radical (unpaired) electrons. The largest absolute Gasteiger partial charge is 0.372 e. The van der Waals surface area contributed by atoms with E-state index in [1.807, 2.05) is 0 Å². The maximum atomic E-state index is 3.63. The van der Waals surface area contributed by atoms with Crippen LogP contribution in [0.3, 0.4) is 0 Å². The Hall–Kier alpha value is -1.22. The van der Waals surface area contributed by atoms with Gasteiger partial charge in [-0.15, -0.1) is 0 Å². The summed E-state index contributed by atoms with van der Waals surface area (Å²) >= 11 is 0. The summed E-state index contributed by atoms with van der Waals surface area (Å²) in [7, 11) is 0. The summed E-state index contributed by atoms with van der Waals surface area (Å²) in [5.41, 5.74) is 2.96. The average Bonchev–Trinajstić information content (AvgIpc) is 2.69. The lowest BCUT2D eigenvalue weighted by atomic mass is 10.1. The van der Waals surface area contributed by atoms with Crippen LogP contribution in [-0.2, 0) is 0 Å². The fourth-order valence-electron chi connectivity index (χ4n) is 3.56. The van der Waals surface area contributed by atoms with E-state index < -0.39 is 0 Å². The number of anilines is 2. The maximum Gasteiger partial charge on any atom is 0.0368 e. The summed E-state index contributed by atoms with van der Waals surface area (Å²) in [6.45, 7) is 10.4. The molecule has 0 atom stereocenters. The highest BCUT2D eigenvalue weighted by Gasteiger charge is 2.24. The third-order valence-electron chi connectivity index (χ3n) is 4.73. The van der Waals surface area contributed by atoms with Gasteiger partial charge in [0.1, 0.15) is 0 Å². The van der Waals surface area contributed by atoms with E-state index in [-0.39, 0.29) is 5.54 Å². The lowest BCUT2D eigenvalue weighted by Crippen LogP contribution is -2.46. The first-order valence-electron chi connectivity index (χ1n) is 8.49. The quantitative estimate of drug-likeness (QED) is 0.901. The minimum absolute atomic E-state index is 0.196. The molecule has 0 unspecified atom stereocenters. The molecular formula is C18H29N3. The first kappa shape index (κ1) is 14.7. The van der Waals surface area contributed by atoms with Crippen LogP contribution < -0.4 is 15.1 Å². The Morgan fingerprint density at radius 1 is 0.810 bits per heavy atom. The Labute approximate surface area is 129 Å². The minimum Gasteiger partial charge on any atom is -0.372 e. The Morgan fingerprint density at radius 3 is 2.05 bits per heavy atom. The molecule has 2 saturated heterocycles. The topological polar surface area (TPSA) is 18.5 Å². The van der Waals surface area contributed by atoms with Gasteiger partial charge in [0.15, 0.2) is 0 Å². The van der Waals surface area contributed by atoms with Gasteiger partial charge in [0.2, 0.25) is 0 Å². The second-order valence-corrected chi connectivity index (χ2v) is 7.15. The Morgan fingerprint density at radius 2 is 1.38 bits per heavy atom. The average molecular weight is 287 g/mol. The molecule has 0 amide bonds. The van der Waals surface area contributed by atoms with Crippen molar-refractivity contribution in [2.24, 2.45) is 0 Å². The molecule has 2 aliphatic heterocycles. The summed E-state index contributed by atoms with van der Waals surface area (Å²) in [5.74, 6) is 0.